The van der Waals surface area contributed by atoms with Crippen LogP contribution in [-0.4, -0.2) is 14.7 Å². The van der Waals surface area contributed by atoms with Crippen molar-refractivity contribution in [2.24, 2.45) is 0 Å². The zero-order valence-corrected chi connectivity index (χ0v) is 10.7. The summed E-state index contributed by atoms with van der Waals surface area (Å²) in [6, 6.07) is 12.1. The van der Waals surface area contributed by atoms with Crippen LogP contribution in [0.3, 0.4) is 0 Å². The number of halogens is 1. The molecule has 0 radical (unpaired) electrons. The lowest BCUT2D eigenvalue weighted by molar-refractivity contribution is 0.476. The number of aromatic nitrogens is 2. The summed E-state index contributed by atoms with van der Waals surface area (Å²) in [4.78, 5) is 14.7. The number of nitrogens with zero attached hydrogens (tertiary/aromatic N) is 1. The van der Waals surface area contributed by atoms with E-state index in [1.54, 1.807) is 28.8 Å². The number of H-pyrrole nitrogens is 1. The summed E-state index contributed by atoms with van der Waals surface area (Å²) in [5.41, 5.74) is 2.09. The molecule has 2 aromatic carbocycles. The number of fused-ring (bicyclic) bond motifs is 1. The molecule has 0 aliphatic heterocycles. The second-order valence-corrected chi connectivity index (χ2v) is 4.78. The monoisotopic (exact) mass is 274 g/mol. The molecule has 0 atom stereocenters. The van der Waals surface area contributed by atoms with Crippen molar-refractivity contribution < 1.29 is 5.11 Å². The topological polar surface area (TPSA) is 58.0 Å². The molecular formula is C14H11ClN2O2. The number of phenols is 1. The minimum atomic E-state index is -0.208. The van der Waals surface area contributed by atoms with E-state index >= 15 is 0 Å². The zero-order chi connectivity index (χ0) is 13.4. The molecule has 0 unspecified atom stereocenters. The fourth-order valence-corrected chi connectivity index (χ4v) is 2.33. The third-order valence-corrected chi connectivity index (χ3v) is 3.22. The lowest BCUT2D eigenvalue weighted by Crippen LogP contribution is -2.17. The first-order valence-corrected chi connectivity index (χ1v) is 6.17. The first-order valence-electron chi connectivity index (χ1n) is 5.79. The number of imidazole rings is 1. The van der Waals surface area contributed by atoms with Crippen LogP contribution in [0.15, 0.2) is 47.3 Å². The molecule has 19 heavy (non-hydrogen) atoms. The van der Waals surface area contributed by atoms with Gasteiger partial charge in [0.15, 0.2) is 0 Å². The second-order valence-electron chi connectivity index (χ2n) is 4.35. The van der Waals surface area contributed by atoms with Gasteiger partial charge in [-0.15, -0.1) is 0 Å². The summed E-state index contributed by atoms with van der Waals surface area (Å²) in [6.45, 7) is 0.406. The normalized spacial score (nSPS) is 11.0. The Balaban J connectivity index is 2.12. The van der Waals surface area contributed by atoms with Crippen molar-refractivity contribution in [3.63, 3.8) is 0 Å². The van der Waals surface area contributed by atoms with Crippen LogP contribution in [0.25, 0.3) is 11.0 Å². The number of aromatic hydroxyl groups is 1. The lowest BCUT2D eigenvalue weighted by Gasteiger charge is -2.04. The van der Waals surface area contributed by atoms with E-state index in [1.807, 2.05) is 18.2 Å². The molecule has 0 amide bonds. The Morgan fingerprint density at radius 1 is 1.21 bits per heavy atom. The summed E-state index contributed by atoms with van der Waals surface area (Å²) in [7, 11) is 0. The highest BCUT2D eigenvalue weighted by Crippen LogP contribution is 2.19. The maximum Gasteiger partial charge on any atom is 0.326 e. The average molecular weight is 275 g/mol. The van der Waals surface area contributed by atoms with Gasteiger partial charge in [-0.05, 0) is 29.8 Å². The Labute approximate surface area is 113 Å². The zero-order valence-electron chi connectivity index (χ0n) is 9.93. The van der Waals surface area contributed by atoms with Crippen LogP contribution < -0.4 is 5.69 Å². The summed E-state index contributed by atoms with van der Waals surface area (Å²) in [6.07, 6.45) is 0. The molecule has 5 heteroatoms. The van der Waals surface area contributed by atoms with Gasteiger partial charge in [0.2, 0.25) is 0 Å². The lowest BCUT2D eigenvalue weighted by atomic mass is 10.2. The number of aromatic amines is 1. The molecule has 0 saturated heterocycles. The average Bonchev–Trinajstić information content (AvgIpc) is 2.66. The minimum Gasteiger partial charge on any atom is -0.508 e. The Morgan fingerprint density at radius 2 is 2.05 bits per heavy atom. The first kappa shape index (κ1) is 11.9. The Kier molecular flexibility index (Phi) is 2.80. The van der Waals surface area contributed by atoms with Crippen LogP contribution in [0.4, 0.5) is 0 Å². The van der Waals surface area contributed by atoms with Gasteiger partial charge in [-0.2, -0.15) is 0 Å². The third-order valence-electron chi connectivity index (χ3n) is 2.99. The molecule has 2 N–H and O–H groups in total. The van der Waals surface area contributed by atoms with Crippen LogP contribution in [0, 0.1) is 0 Å². The Bertz CT molecular complexity index is 805. The van der Waals surface area contributed by atoms with Crippen molar-refractivity contribution >= 4 is 22.6 Å². The predicted octanol–water partition coefficient (Wildman–Crippen LogP) is 2.74. The molecule has 96 valence electrons. The van der Waals surface area contributed by atoms with Crippen LogP contribution in [0.1, 0.15) is 5.56 Å². The molecule has 1 heterocycles. The van der Waals surface area contributed by atoms with E-state index in [9.17, 15) is 9.90 Å². The number of hydrogen-bond acceptors (Lipinski definition) is 2. The van der Waals surface area contributed by atoms with Gasteiger partial charge in [-0.3, -0.25) is 4.57 Å². The van der Waals surface area contributed by atoms with Gasteiger partial charge in [0.1, 0.15) is 5.75 Å². The summed E-state index contributed by atoms with van der Waals surface area (Å²) < 4.78 is 1.57. The van der Waals surface area contributed by atoms with Gasteiger partial charge in [0.05, 0.1) is 17.6 Å². The minimum absolute atomic E-state index is 0.131. The Morgan fingerprint density at radius 3 is 2.84 bits per heavy atom. The standard InChI is InChI=1S/C14H11ClN2O2/c15-10-3-1-2-9(6-10)8-17-13-7-11(18)4-5-12(13)16-14(17)19/h1-7,18H,8H2,(H,16,19). The first-order chi connectivity index (χ1) is 9.13. The molecular weight excluding hydrogens is 264 g/mol. The molecule has 0 fully saturated rings. The van der Waals surface area contributed by atoms with Crippen molar-refractivity contribution in [1.29, 1.82) is 0 Å². The molecule has 3 rings (SSSR count). The van der Waals surface area contributed by atoms with E-state index in [1.165, 1.54) is 0 Å². The van der Waals surface area contributed by atoms with Crippen molar-refractivity contribution in [3.05, 3.63) is 63.5 Å². The van der Waals surface area contributed by atoms with Crippen molar-refractivity contribution in [1.82, 2.24) is 9.55 Å². The highest BCUT2D eigenvalue weighted by atomic mass is 35.5. The van der Waals surface area contributed by atoms with Gasteiger partial charge in [-0.25, -0.2) is 4.79 Å². The Hall–Kier alpha value is -2.20. The van der Waals surface area contributed by atoms with Crippen molar-refractivity contribution in [3.8, 4) is 5.75 Å². The van der Waals surface area contributed by atoms with E-state index in [0.29, 0.717) is 22.6 Å². The van der Waals surface area contributed by atoms with Crippen LogP contribution in [0.2, 0.25) is 5.02 Å². The van der Waals surface area contributed by atoms with Crippen molar-refractivity contribution in [2.45, 2.75) is 6.54 Å². The van der Waals surface area contributed by atoms with E-state index in [-0.39, 0.29) is 11.4 Å². The molecule has 3 aromatic rings. The second kappa shape index (κ2) is 4.48. The highest BCUT2D eigenvalue weighted by molar-refractivity contribution is 6.30. The van der Waals surface area contributed by atoms with E-state index in [2.05, 4.69) is 4.98 Å². The molecule has 0 bridgehead atoms. The number of benzene rings is 2. The fourth-order valence-electron chi connectivity index (χ4n) is 2.12. The summed E-state index contributed by atoms with van der Waals surface area (Å²) in [5.74, 6) is 0.131. The number of nitrogens with one attached hydrogen (secondary N) is 1. The predicted molar refractivity (Wildman–Crippen MR) is 74.8 cm³/mol. The number of phenolic OH excluding ortho intramolecular Hbond substituents is 1. The maximum absolute atomic E-state index is 11.9. The smallest absolute Gasteiger partial charge is 0.326 e. The highest BCUT2D eigenvalue weighted by Gasteiger charge is 2.08. The van der Waals surface area contributed by atoms with Crippen LogP contribution in [-0.2, 0) is 6.54 Å². The van der Waals surface area contributed by atoms with Gasteiger partial charge >= 0.3 is 5.69 Å². The van der Waals surface area contributed by atoms with Crippen LogP contribution >= 0.6 is 11.6 Å². The number of rotatable bonds is 2. The van der Waals surface area contributed by atoms with E-state index in [0.717, 1.165) is 5.56 Å². The number of hydrogen-bond donors (Lipinski definition) is 2. The quantitative estimate of drug-likeness (QED) is 0.755. The molecule has 0 aliphatic rings. The van der Waals surface area contributed by atoms with Gasteiger partial charge < -0.3 is 10.1 Å². The third kappa shape index (κ3) is 2.22. The van der Waals surface area contributed by atoms with Gasteiger partial charge in [-0.1, -0.05) is 23.7 Å². The summed E-state index contributed by atoms with van der Waals surface area (Å²) >= 11 is 5.93. The molecule has 1 aromatic heterocycles. The van der Waals surface area contributed by atoms with E-state index in [4.69, 9.17) is 11.6 Å². The molecule has 0 spiro atoms. The molecule has 4 nitrogen and oxygen atoms in total. The summed E-state index contributed by atoms with van der Waals surface area (Å²) in [5, 5.41) is 10.2. The fraction of sp³-hybridized carbons (Fsp3) is 0.0714. The maximum atomic E-state index is 11.9. The van der Waals surface area contributed by atoms with Gasteiger partial charge in [0.25, 0.3) is 0 Å². The van der Waals surface area contributed by atoms with Crippen molar-refractivity contribution in [2.75, 3.05) is 0 Å². The van der Waals surface area contributed by atoms with E-state index < -0.39 is 0 Å². The largest absolute Gasteiger partial charge is 0.508 e. The van der Waals surface area contributed by atoms with Crippen LogP contribution in [0.5, 0.6) is 5.75 Å². The SMILES string of the molecule is O=c1[nH]c2ccc(O)cc2n1Cc1cccc(Cl)c1. The molecule has 0 aliphatic carbocycles. The molecule has 0 saturated carbocycles. The van der Waals surface area contributed by atoms with Gasteiger partial charge in [0, 0.05) is 11.1 Å².